The monoisotopic (exact) mass is 561 g/mol. The standard InChI is InChI=1S/C21H20BrClF3N5OS/c22-18-4-3-17(33-18)20-13(10-27-29-20)11-30-5-7-31(8-6-30)12-19(32)28-14-1-2-16(23)15(9-14)21(24,25)26/h1-4,9-10H,5-8,11-12H2,(H,27,29)(H,28,32). The van der Waals surface area contributed by atoms with Crippen LogP contribution in [-0.4, -0.2) is 58.6 Å². The van der Waals surface area contributed by atoms with Crippen LogP contribution in [0.4, 0.5) is 18.9 Å². The van der Waals surface area contributed by atoms with Gasteiger partial charge in [-0.2, -0.15) is 18.3 Å². The van der Waals surface area contributed by atoms with Crippen molar-refractivity contribution in [1.29, 1.82) is 0 Å². The van der Waals surface area contributed by atoms with Gasteiger partial charge in [-0.1, -0.05) is 11.6 Å². The highest BCUT2D eigenvalue weighted by Crippen LogP contribution is 2.36. The smallest absolute Gasteiger partial charge is 0.325 e. The van der Waals surface area contributed by atoms with Crippen molar-refractivity contribution < 1.29 is 18.0 Å². The molecule has 1 fully saturated rings. The molecule has 0 unspecified atom stereocenters. The van der Waals surface area contributed by atoms with Crippen molar-refractivity contribution in [2.75, 3.05) is 38.0 Å². The summed E-state index contributed by atoms with van der Waals surface area (Å²) >= 11 is 10.7. The highest BCUT2D eigenvalue weighted by molar-refractivity contribution is 9.11. The van der Waals surface area contributed by atoms with E-state index in [-0.39, 0.29) is 18.1 Å². The van der Waals surface area contributed by atoms with E-state index in [1.165, 1.54) is 6.07 Å². The lowest BCUT2D eigenvalue weighted by Crippen LogP contribution is -2.48. The van der Waals surface area contributed by atoms with Crippen LogP contribution in [0.25, 0.3) is 10.6 Å². The zero-order valence-electron chi connectivity index (χ0n) is 17.3. The second-order valence-corrected chi connectivity index (χ2v) is 10.5. The first-order chi connectivity index (χ1) is 15.7. The molecule has 3 heterocycles. The Morgan fingerprint density at radius 1 is 1.18 bits per heavy atom. The Bertz CT molecular complexity index is 1130. The van der Waals surface area contributed by atoms with Crippen LogP contribution in [-0.2, 0) is 17.5 Å². The normalized spacial score (nSPS) is 15.7. The number of hydrogen-bond acceptors (Lipinski definition) is 5. The van der Waals surface area contributed by atoms with Crippen molar-refractivity contribution >= 4 is 50.5 Å². The lowest BCUT2D eigenvalue weighted by atomic mass is 10.2. The van der Waals surface area contributed by atoms with E-state index in [1.54, 1.807) is 11.3 Å². The van der Waals surface area contributed by atoms with Crippen molar-refractivity contribution in [2.24, 2.45) is 0 Å². The number of thiophene rings is 1. The molecule has 3 aromatic rings. The quantitative estimate of drug-likeness (QED) is 0.426. The first-order valence-electron chi connectivity index (χ1n) is 10.1. The Morgan fingerprint density at radius 3 is 2.58 bits per heavy atom. The van der Waals surface area contributed by atoms with E-state index in [1.807, 2.05) is 23.2 Å². The molecule has 1 aromatic carbocycles. The summed E-state index contributed by atoms with van der Waals surface area (Å²) in [7, 11) is 0. The zero-order valence-corrected chi connectivity index (χ0v) is 20.4. The van der Waals surface area contributed by atoms with Gasteiger partial charge in [0.25, 0.3) is 0 Å². The highest BCUT2D eigenvalue weighted by atomic mass is 79.9. The number of rotatable bonds is 6. The van der Waals surface area contributed by atoms with Gasteiger partial charge in [0.2, 0.25) is 5.91 Å². The molecule has 4 rings (SSSR count). The average Bonchev–Trinajstić information content (AvgIpc) is 3.38. The molecule has 2 N–H and O–H groups in total. The Morgan fingerprint density at radius 2 is 1.91 bits per heavy atom. The number of halogens is 5. The third-order valence-corrected chi connectivity index (χ3v) is 7.29. The van der Waals surface area contributed by atoms with Gasteiger partial charge in [0.15, 0.2) is 0 Å². The Hall–Kier alpha value is -1.92. The van der Waals surface area contributed by atoms with Crippen LogP contribution in [0.5, 0.6) is 0 Å². The van der Waals surface area contributed by atoms with Crippen molar-refractivity contribution in [3.63, 3.8) is 0 Å². The van der Waals surface area contributed by atoms with Crippen LogP contribution in [0.15, 0.2) is 40.3 Å². The summed E-state index contributed by atoms with van der Waals surface area (Å²) in [5.74, 6) is -0.362. The summed E-state index contributed by atoms with van der Waals surface area (Å²) in [5, 5.41) is 9.40. The van der Waals surface area contributed by atoms with Crippen LogP contribution < -0.4 is 5.32 Å². The van der Waals surface area contributed by atoms with Gasteiger partial charge in [-0.25, -0.2) is 0 Å². The van der Waals surface area contributed by atoms with E-state index in [4.69, 9.17) is 11.6 Å². The van der Waals surface area contributed by atoms with Crippen LogP contribution in [0.2, 0.25) is 5.02 Å². The number of nitrogens with zero attached hydrogens (tertiary/aromatic N) is 3. The summed E-state index contributed by atoms with van der Waals surface area (Å²) < 4.78 is 40.1. The van der Waals surface area contributed by atoms with Gasteiger partial charge in [-0.05, 0) is 46.3 Å². The van der Waals surface area contributed by atoms with E-state index >= 15 is 0 Å². The maximum atomic E-state index is 13.0. The largest absolute Gasteiger partial charge is 0.417 e. The van der Waals surface area contributed by atoms with Crippen LogP contribution in [0.3, 0.4) is 0 Å². The Balaban J connectivity index is 1.28. The topological polar surface area (TPSA) is 64.3 Å². The molecule has 33 heavy (non-hydrogen) atoms. The van der Waals surface area contributed by atoms with Gasteiger partial charge in [0, 0.05) is 44.0 Å². The van der Waals surface area contributed by atoms with Gasteiger partial charge < -0.3 is 5.32 Å². The minimum absolute atomic E-state index is 0.0723. The van der Waals surface area contributed by atoms with Crippen LogP contribution in [0, 0.1) is 0 Å². The maximum Gasteiger partial charge on any atom is 0.417 e. The number of hydrogen-bond donors (Lipinski definition) is 2. The minimum atomic E-state index is -4.58. The van der Waals surface area contributed by atoms with E-state index in [0.29, 0.717) is 13.1 Å². The summed E-state index contributed by atoms with van der Waals surface area (Å²) in [5.41, 5.74) is 1.22. The number of aromatic amines is 1. The van der Waals surface area contributed by atoms with Gasteiger partial charge in [-0.3, -0.25) is 19.7 Å². The minimum Gasteiger partial charge on any atom is -0.325 e. The fraction of sp³-hybridized carbons (Fsp3) is 0.333. The molecule has 176 valence electrons. The fourth-order valence-electron chi connectivity index (χ4n) is 3.66. The predicted molar refractivity (Wildman–Crippen MR) is 126 cm³/mol. The van der Waals surface area contributed by atoms with E-state index in [9.17, 15) is 18.0 Å². The summed E-state index contributed by atoms with van der Waals surface area (Å²) in [6.45, 7) is 3.75. The third kappa shape index (κ3) is 6.15. The molecule has 0 saturated carbocycles. The molecule has 6 nitrogen and oxygen atoms in total. The molecule has 0 bridgehead atoms. The number of aromatic nitrogens is 2. The number of carbonyl (C=O) groups excluding carboxylic acids is 1. The second kappa shape index (κ2) is 10.1. The number of nitrogens with one attached hydrogen (secondary N) is 2. The second-order valence-electron chi connectivity index (χ2n) is 7.67. The lowest BCUT2D eigenvalue weighted by molar-refractivity contribution is -0.137. The summed E-state index contributed by atoms with van der Waals surface area (Å²) in [6, 6.07) is 7.40. The van der Waals surface area contributed by atoms with Gasteiger partial charge >= 0.3 is 6.18 Å². The first kappa shape index (κ1) is 24.2. The number of piperazine rings is 1. The molecule has 1 saturated heterocycles. The van der Waals surface area contributed by atoms with Gasteiger partial charge in [-0.15, -0.1) is 11.3 Å². The molecule has 0 spiro atoms. The van der Waals surface area contributed by atoms with E-state index in [2.05, 4.69) is 36.3 Å². The SMILES string of the molecule is O=C(CN1CCN(Cc2cn[nH]c2-c2ccc(Br)s2)CC1)Nc1ccc(Cl)c(C(F)(F)F)c1. The summed E-state index contributed by atoms with van der Waals surface area (Å²) in [4.78, 5) is 17.8. The fourth-order valence-corrected chi connectivity index (χ4v) is 5.30. The Kier molecular flexibility index (Phi) is 7.44. The molecule has 0 atom stereocenters. The number of amides is 1. The maximum absolute atomic E-state index is 13.0. The molecular formula is C21H20BrClF3N5OS. The van der Waals surface area contributed by atoms with Crippen molar-refractivity contribution in [2.45, 2.75) is 12.7 Å². The zero-order chi connectivity index (χ0) is 23.6. The molecular weight excluding hydrogens is 543 g/mol. The molecule has 1 aliphatic rings. The van der Waals surface area contributed by atoms with Crippen molar-refractivity contribution in [1.82, 2.24) is 20.0 Å². The Labute approximate surface area is 205 Å². The molecule has 0 radical (unpaired) electrons. The highest BCUT2D eigenvalue weighted by Gasteiger charge is 2.33. The predicted octanol–water partition coefficient (Wildman–Crippen LogP) is 5.33. The third-order valence-electron chi connectivity index (χ3n) is 5.32. The summed E-state index contributed by atoms with van der Waals surface area (Å²) in [6.07, 6.45) is -2.74. The van der Waals surface area contributed by atoms with E-state index < -0.39 is 16.8 Å². The first-order valence-corrected chi connectivity index (χ1v) is 12.1. The number of carbonyl (C=O) groups is 1. The van der Waals surface area contributed by atoms with E-state index in [0.717, 1.165) is 51.7 Å². The molecule has 1 aliphatic heterocycles. The van der Waals surface area contributed by atoms with Crippen molar-refractivity contribution in [3.8, 4) is 10.6 Å². The van der Waals surface area contributed by atoms with Crippen molar-refractivity contribution in [3.05, 3.63) is 56.5 Å². The van der Waals surface area contributed by atoms with Crippen LogP contribution in [0.1, 0.15) is 11.1 Å². The average molecular weight is 563 g/mol. The molecule has 2 aromatic heterocycles. The van der Waals surface area contributed by atoms with Crippen LogP contribution >= 0.6 is 38.9 Å². The number of alkyl halides is 3. The van der Waals surface area contributed by atoms with Gasteiger partial charge in [0.1, 0.15) is 0 Å². The number of anilines is 1. The number of benzene rings is 1. The van der Waals surface area contributed by atoms with Gasteiger partial charge in [0.05, 0.1) is 37.7 Å². The molecule has 0 aliphatic carbocycles. The molecule has 1 amide bonds. The number of H-pyrrole nitrogens is 1. The lowest BCUT2D eigenvalue weighted by Gasteiger charge is -2.34. The molecule has 12 heteroatoms.